The van der Waals surface area contributed by atoms with Crippen LogP contribution in [0.3, 0.4) is 0 Å². The average Bonchev–Trinajstić information content (AvgIpc) is 2.15. The van der Waals surface area contributed by atoms with E-state index in [1.54, 1.807) is 7.11 Å². The number of anilines is 1. The Morgan fingerprint density at radius 1 is 1.62 bits per heavy atom. The fraction of sp³-hybridized carbons (Fsp3) is 0.455. The zero-order valence-electron chi connectivity index (χ0n) is 9.22. The first-order chi connectivity index (χ1) is 7.69. The quantitative estimate of drug-likeness (QED) is 0.773. The largest absolute Gasteiger partial charge is 0.378 e. The summed E-state index contributed by atoms with van der Waals surface area (Å²) in [6.45, 7) is 1.70. The minimum Gasteiger partial charge on any atom is -0.378 e. The van der Waals surface area contributed by atoms with E-state index >= 15 is 0 Å². The highest BCUT2D eigenvalue weighted by Crippen LogP contribution is 2.20. The van der Waals surface area contributed by atoms with E-state index in [0.717, 1.165) is 18.9 Å². The van der Waals surface area contributed by atoms with E-state index in [0.29, 0.717) is 11.8 Å². The zero-order valence-corrected chi connectivity index (χ0v) is 9.22. The normalized spacial score (nSPS) is 15.9. The van der Waals surface area contributed by atoms with Gasteiger partial charge < -0.3 is 15.4 Å². The van der Waals surface area contributed by atoms with Crippen LogP contribution in [0.5, 0.6) is 0 Å². The zero-order chi connectivity index (χ0) is 11.5. The summed E-state index contributed by atoms with van der Waals surface area (Å²) in [5.74, 6) is 0.523. The van der Waals surface area contributed by atoms with Gasteiger partial charge in [-0.1, -0.05) is 6.07 Å². The number of nitrogens with zero attached hydrogens (tertiary/aromatic N) is 2. The minimum absolute atomic E-state index is 0.190. The van der Waals surface area contributed by atoms with E-state index in [1.807, 2.05) is 18.2 Å². The van der Waals surface area contributed by atoms with Crippen molar-refractivity contribution in [2.75, 3.05) is 25.1 Å². The summed E-state index contributed by atoms with van der Waals surface area (Å²) in [4.78, 5) is 17.3. The predicted molar refractivity (Wildman–Crippen MR) is 60.1 cm³/mol. The van der Waals surface area contributed by atoms with Gasteiger partial charge in [0.1, 0.15) is 5.82 Å². The van der Waals surface area contributed by atoms with Gasteiger partial charge in [0.05, 0.1) is 18.2 Å². The molecule has 1 aliphatic rings. The summed E-state index contributed by atoms with van der Waals surface area (Å²) in [5, 5.41) is 0. The van der Waals surface area contributed by atoms with Crippen LogP contribution >= 0.6 is 0 Å². The molecule has 0 unspecified atom stereocenters. The summed E-state index contributed by atoms with van der Waals surface area (Å²) in [5.41, 5.74) is 5.84. The van der Waals surface area contributed by atoms with Crippen LogP contribution in [-0.2, 0) is 16.0 Å². The molecule has 16 heavy (non-hydrogen) atoms. The first-order valence-corrected chi connectivity index (χ1v) is 5.21. The van der Waals surface area contributed by atoms with Crippen molar-refractivity contribution in [1.82, 2.24) is 4.98 Å². The number of primary amides is 1. The Morgan fingerprint density at radius 3 is 3.00 bits per heavy atom. The lowest BCUT2D eigenvalue weighted by molar-refractivity contribution is -0.117. The maximum atomic E-state index is 10.8. The lowest BCUT2D eigenvalue weighted by Crippen LogP contribution is -2.52. The van der Waals surface area contributed by atoms with Gasteiger partial charge in [-0.25, -0.2) is 4.98 Å². The first kappa shape index (κ1) is 10.9. The summed E-state index contributed by atoms with van der Waals surface area (Å²) < 4.78 is 5.19. The second-order valence-electron chi connectivity index (χ2n) is 3.89. The van der Waals surface area contributed by atoms with Crippen molar-refractivity contribution in [2.45, 2.75) is 12.5 Å². The Kier molecular flexibility index (Phi) is 3.05. The number of hydrogen-bond acceptors (Lipinski definition) is 4. The number of carbonyl (C=O) groups is 1. The SMILES string of the molecule is COC1CN(c2cccc(CC(N)=O)n2)C1. The molecule has 5 nitrogen and oxygen atoms in total. The molecule has 0 saturated carbocycles. The van der Waals surface area contributed by atoms with Crippen molar-refractivity contribution < 1.29 is 9.53 Å². The summed E-state index contributed by atoms with van der Waals surface area (Å²) in [7, 11) is 1.71. The predicted octanol–water partition coefficient (Wildman–Crippen LogP) is -0.0556. The molecule has 1 saturated heterocycles. The van der Waals surface area contributed by atoms with Gasteiger partial charge in [-0.2, -0.15) is 0 Å². The Morgan fingerprint density at radius 2 is 2.38 bits per heavy atom. The second-order valence-corrected chi connectivity index (χ2v) is 3.89. The number of pyridine rings is 1. The highest BCUT2D eigenvalue weighted by molar-refractivity contribution is 5.76. The molecule has 1 fully saturated rings. The lowest BCUT2D eigenvalue weighted by atomic mass is 10.1. The molecule has 1 aliphatic heterocycles. The third kappa shape index (κ3) is 2.30. The molecular weight excluding hydrogens is 206 g/mol. The highest BCUT2D eigenvalue weighted by Gasteiger charge is 2.27. The third-order valence-electron chi connectivity index (χ3n) is 2.65. The lowest BCUT2D eigenvalue weighted by Gasteiger charge is -2.39. The molecule has 2 N–H and O–H groups in total. The molecule has 0 aliphatic carbocycles. The van der Waals surface area contributed by atoms with Crippen LogP contribution in [0.2, 0.25) is 0 Å². The van der Waals surface area contributed by atoms with Gasteiger partial charge in [0.15, 0.2) is 0 Å². The number of aromatic nitrogens is 1. The Labute approximate surface area is 94.2 Å². The molecule has 2 rings (SSSR count). The van der Waals surface area contributed by atoms with Gasteiger partial charge in [0, 0.05) is 20.2 Å². The molecular formula is C11H15N3O2. The van der Waals surface area contributed by atoms with E-state index in [1.165, 1.54) is 0 Å². The number of hydrogen-bond donors (Lipinski definition) is 1. The Balaban J connectivity index is 2.03. The van der Waals surface area contributed by atoms with Crippen LogP contribution in [0.1, 0.15) is 5.69 Å². The average molecular weight is 221 g/mol. The van der Waals surface area contributed by atoms with E-state index in [9.17, 15) is 4.79 Å². The minimum atomic E-state index is -0.358. The standard InChI is InChI=1S/C11H15N3O2/c1-16-9-6-14(7-9)11-4-2-3-8(13-11)5-10(12)15/h2-4,9H,5-7H2,1H3,(H2,12,15). The molecule has 86 valence electrons. The van der Waals surface area contributed by atoms with E-state index < -0.39 is 0 Å². The second kappa shape index (κ2) is 4.49. The first-order valence-electron chi connectivity index (χ1n) is 5.21. The Bertz CT molecular complexity index is 389. The van der Waals surface area contributed by atoms with Gasteiger partial charge in [-0.05, 0) is 12.1 Å². The van der Waals surface area contributed by atoms with Gasteiger partial charge in [0.25, 0.3) is 0 Å². The van der Waals surface area contributed by atoms with Crippen molar-refractivity contribution in [3.8, 4) is 0 Å². The van der Waals surface area contributed by atoms with Crippen LogP contribution < -0.4 is 10.6 Å². The van der Waals surface area contributed by atoms with Crippen molar-refractivity contribution in [2.24, 2.45) is 5.73 Å². The van der Waals surface area contributed by atoms with Gasteiger partial charge in [-0.3, -0.25) is 4.79 Å². The molecule has 0 radical (unpaired) electrons. The monoisotopic (exact) mass is 221 g/mol. The van der Waals surface area contributed by atoms with E-state index in [2.05, 4.69) is 9.88 Å². The van der Waals surface area contributed by atoms with Crippen LogP contribution in [-0.4, -0.2) is 37.2 Å². The maximum absolute atomic E-state index is 10.8. The molecule has 1 aromatic heterocycles. The van der Waals surface area contributed by atoms with Crippen LogP contribution in [0.15, 0.2) is 18.2 Å². The van der Waals surface area contributed by atoms with Crippen molar-refractivity contribution in [3.63, 3.8) is 0 Å². The molecule has 5 heteroatoms. The van der Waals surface area contributed by atoms with Crippen LogP contribution in [0.4, 0.5) is 5.82 Å². The number of ether oxygens (including phenoxy) is 1. The van der Waals surface area contributed by atoms with Crippen LogP contribution in [0.25, 0.3) is 0 Å². The number of rotatable bonds is 4. The Hall–Kier alpha value is -1.62. The summed E-state index contributed by atoms with van der Waals surface area (Å²) in [6.07, 6.45) is 0.483. The topological polar surface area (TPSA) is 68.5 Å². The number of methoxy groups -OCH3 is 1. The van der Waals surface area contributed by atoms with Crippen molar-refractivity contribution in [1.29, 1.82) is 0 Å². The molecule has 0 bridgehead atoms. The van der Waals surface area contributed by atoms with Gasteiger partial charge in [0.2, 0.25) is 5.91 Å². The smallest absolute Gasteiger partial charge is 0.223 e. The number of carbonyl (C=O) groups excluding carboxylic acids is 1. The van der Waals surface area contributed by atoms with E-state index in [4.69, 9.17) is 10.5 Å². The fourth-order valence-electron chi connectivity index (χ4n) is 1.69. The third-order valence-corrected chi connectivity index (χ3v) is 2.65. The molecule has 2 heterocycles. The van der Waals surface area contributed by atoms with Gasteiger partial charge in [-0.15, -0.1) is 0 Å². The number of amides is 1. The molecule has 1 amide bonds. The molecule has 1 aromatic rings. The van der Waals surface area contributed by atoms with Gasteiger partial charge >= 0.3 is 0 Å². The molecule has 0 atom stereocenters. The fourth-order valence-corrected chi connectivity index (χ4v) is 1.69. The highest BCUT2D eigenvalue weighted by atomic mass is 16.5. The van der Waals surface area contributed by atoms with Crippen molar-refractivity contribution >= 4 is 11.7 Å². The summed E-state index contributed by atoms with van der Waals surface area (Å²) in [6, 6.07) is 5.62. The maximum Gasteiger partial charge on any atom is 0.223 e. The number of nitrogens with two attached hydrogens (primary N) is 1. The molecule has 0 spiro atoms. The van der Waals surface area contributed by atoms with Crippen LogP contribution in [0, 0.1) is 0 Å². The van der Waals surface area contributed by atoms with E-state index in [-0.39, 0.29) is 12.3 Å². The van der Waals surface area contributed by atoms with Crippen molar-refractivity contribution in [3.05, 3.63) is 23.9 Å². The molecule has 0 aromatic carbocycles. The summed E-state index contributed by atoms with van der Waals surface area (Å²) >= 11 is 0.